The number of aliphatic hydroxyl groups is 12. The Bertz CT molecular complexity index is 5450. The molecule has 16 atom stereocenters. The van der Waals surface area contributed by atoms with E-state index in [0.717, 1.165) is 24.5 Å². The van der Waals surface area contributed by atoms with Gasteiger partial charge >= 0.3 is 11.7 Å². The van der Waals surface area contributed by atoms with Crippen LogP contribution in [0.15, 0.2) is 115 Å². The normalized spacial score (nSPS) is 24.9. The zero-order valence-corrected chi connectivity index (χ0v) is 62.7. The van der Waals surface area contributed by atoms with Gasteiger partial charge in [0, 0.05) is 10.6 Å². The van der Waals surface area contributed by atoms with Gasteiger partial charge in [0.05, 0.1) is 62.3 Å². The second-order valence-electron chi connectivity index (χ2n) is 25.6. The number of anilines is 6. The number of hydrogen-bond donors (Lipinski definition) is 21. The molecular formula is C67H79BrN21O26P. The molecule has 620 valence electrons. The molecule has 2 amide bonds. The number of nitrogens with one attached hydrogen (secondary N) is 2. The third-order valence-electron chi connectivity index (χ3n) is 18.4. The molecule has 0 unspecified atom stereocenters. The number of fused-ring (bicyclic) bond motifs is 4. The van der Waals surface area contributed by atoms with Crippen molar-refractivity contribution in [1.82, 2.24) is 57.9 Å². The maximum Gasteiger partial charge on any atom is 0.333 e. The number of ether oxygens (including phenoxy) is 5. The molecule has 9 aromatic rings. The van der Waals surface area contributed by atoms with Crippen LogP contribution in [0, 0.1) is 24.7 Å². The van der Waals surface area contributed by atoms with Crippen LogP contribution < -0.4 is 93.6 Å². The minimum atomic E-state index is -3.13. The van der Waals surface area contributed by atoms with E-state index in [0.29, 0.717) is 25.3 Å². The zero-order valence-electron chi connectivity index (χ0n) is 60.2. The number of carbonyl (C=O) groups excluding carboxylic acids is 2. The summed E-state index contributed by atoms with van der Waals surface area (Å²) in [7, 11) is -3.13. The number of nitrogens with two attached hydrogens (primary N) is 7. The zero-order chi connectivity index (χ0) is 84.6. The standard InChI is InChI=1S/C17H19N5O6.C13H16N6O6.C12H12NO2P.C11H15N5O6.C11H14N4O6.C3H3Br/c18-16-20-13-10(14(26)21-16)19-17(27-7-8-4-2-1-3-5-8)22(13)15-12(25)11(24)9(6-23)28-15;1-2-3-17-6-9(16-12(14)19(15)10(6)23)18(13(17)24)11-8(22)7(21)5(4-20)25-11;13-15-16(14,11-7-3-1-4-8-11)12-9-5-2-6-10-12;12-11-14-8-3(9(21)16(11)13)1-5(18)15(8)10-7(20)6(19)4(2-17)22-10;12-11-13-8-3(9(20)14-11)1-5(17)15(8)10-7(19)6(18)4(2-16)21-10;1-2-3-4/h1-5,9,11-12,15,23-25H,6-7H2,(H3,18,20,21,26);1,5,7-8,11,20-22H,3-4,15H2,(H2,14,16);1-10H,13H2;4,6-7,10,17,19-20H,1-2,13H2,(H2,12,14);4,6-7,10,16,18-19H,1-2H2,(H3,12,13,14,20);1H,3H2/t9-,11+,12-,15-;5-,7+,8-,11-;;2*4-,6+,7-,10-;/m11.11./s1. The van der Waals surface area contributed by atoms with Crippen molar-refractivity contribution in [2.24, 2.45) is 5.90 Å². The molecule has 4 saturated heterocycles. The molecule has 6 aliphatic rings. The lowest BCUT2D eigenvalue weighted by atomic mass is 10.1. The van der Waals surface area contributed by atoms with E-state index in [-0.39, 0.29) is 101 Å². The number of H-pyrrole nitrogens is 2. The van der Waals surface area contributed by atoms with Gasteiger partial charge in [-0.1, -0.05) is 94.5 Å². The first kappa shape index (κ1) is 87.0. The number of alkyl halides is 1. The number of imidazole rings is 2. The van der Waals surface area contributed by atoms with E-state index < -0.39 is 172 Å². The van der Waals surface area contributed by atoms with E-state index in [1.165, 1.54) is 4.57 Å². The Balaban J connectivity index is 0.000000153. The van der Waals surface area contributed by atoms with Crippen molar-refractivity contribution >= 4 is 103 Å². The fourth-order valence-corrected chi connectivity index (χ4v) is 14.3. The number of rotatable bonds is 15. The monoisotopic (exact) mass is 1700 g/mol. The minimum Gasteiger partial charge on any atom is -0.460 e. The number of nitrogen functional groups attached to an aromatic ring is 6. The molecule has 0 radical (unpaired) electrons. The number of aliphatic hydroxyl groups excluding tert-OH is 12. The highest BCUT2D eigenvalue weighted by atomic mass is 79.9. The number of amides is 2. The van der Waals surface area contributed by atoms with Crippen LogP contribution in [0.3, 0.4) is 0 Å². The minimum absolute atomic E-state index is 0.00362. The summed E-state index contributed by atoms with van der Waals surface area (Å²) < 4.78 is 48.8. The van der Waals surface area contributed by atoms with Gasteiger partial charge in [0.2, 0.25) is 35.6 Å². The molecule has 0 spiro atoms. The van der Waals surface area contributed by atoms with Gasteiger partial charge in [0.15, 0.2) is 58.9 Å². The summed E-state index contributed by atoms with van der Waals surface area (Å²) in [5.41, 5.74) is 19.3. The predicted octanol–water partition coefficient (Wildman–Crippen LogP) is -9.84. The maximum absolute atomic E-state index is 12.7. The second kappa shape index (κ2) is 37.0. The molecule has 15 rings (SSSR count). The van der Waals surface area contributed by atoms with E-state index in [4.69, 9.17) is 91.9 Å². The van der Waals surface area contributed by atoms with Crippen LogP contribution >= 0.6 is 23.3 Å². The van der Waals surface area contributed by atoms with Gasteiger partial charge in [-0.25, -0.2) is 24.5 Å². The Morgan fingerprint density at radius 2 is 0.940 bits per heavy atom. The second-order valence-corrected chi connectivity index (χ2v) is 28.5. The number of nitrogens with zero attached hydrogens (tertiary/aromatic N) is 12. The van der Waals surface area contributed by atoms with Gasteiger partial charge in [-0.3, -0.25) is 57.7 Å². The number of aromatic amines is 2. The van der Waals surface area contributed by atoms with Crippen LogP contribution in [-0.2, 0) is 63.7 Å². The van der Waals surface area contributed by atoms with Crippen LogP contribution in [0.1, 0.15) is 29.1 Å². The van der Waals surface area contributed by atoms with Crippen LogP contribution in [0.2, 0.25) is 0 Å². The van der Waals surface area contributed by atoms with E-state index in [9.17, 15) is 89.2 Å². The molecular weight excluding hydrogens is 1630 g/mol. The SMILES string of the molecule is C#CCBr.C#CCn1c(=O)n([C@@H]2O[C@H](CO)[C@H](O)[C@H]2O)c2nc(N)n(N)c(=O)c21.NOP(=O)(c1ccccc1)c1ccccc1.Nc1nc2c(c(=O)[nH]1)CC(=O)N2[C@@H]1O[C@H](CO)[C@H](O)[C@H]1O.Nc1nc2c(c(=O)n1N)CC(=O)N2[C@@H]1O[C@H](CO)[C@H](O)[C@H]1O.Nc1nc2c(nc(OCc3ccccc3)n2[C@@H]2O[C@H](CO)[C@H](O)[C@H]2O)c(=O)[nH]1. The van der Waals surface area contributed by atoms with Crippen molar-refractivity contribution in [1.29, 1.82) is 0 Å². The van der Waals surface area contributed by atoms with Crippen molar-refractivity contribution in [3.8, 4) is 30.7 Å². The molecule has 3 aromatic carbocycles. The number of carbonyl (C=O) groups is 2. The lowest BCUT2D eigenvalue weighted by Gasteiger charge is -2.26. The molecule has 12 heterocycles. The Labute approximate surface area is 658 Å². The van der Waals surface area contributed by atoms with Gasteiger partial charge in [-0.2, -0.15) is 34.3 Å². The lowest BCUT2D eigenvalue weighted by molar-refractivity contribution is -0.122. The first-order valence-electron chi connectivity index (χ1n) is 34.3. The maximum atomic E-state index is 12.7. The average molecular weight is 1710 g/mol. The lowest BCUT2D eigenvalue weighted by Crippen LogP contribution is -2.46. The van der Waals surface area contributed by atoms with E-state index in [2.05, 4.69) is 62.7 Å². The predicted molar refractivity (Wildman–Crippen MR) is 409 cm³/mol. The van der Waals surface area contributed by atoms with Gasteiger partial charge in [0.1, 0.15) is 79.9 Å². The van der Waals surface area contributed by atoms with Crippen molar-refractivity contribution in [2.75, 3.05) is 76.2 Å². The third-order valence-corrected chi connectivity index (χ3v) is 21.0. The summed E-state index contributed by atoms with van der Waals surface area (Å²) in [5.74, 6) is 18.6. The van der Waals surface area contributed by atoms with E-state index in [1.54, 1.807) is 24.3 Å². The number of halogens is 1. The third kappa shape index (κ3) is 17.1. The number of aromatic nitrogens is 12. The summed E-state index contributed by atoms with van der Waals surface area (Å²) in [6.45, 7) is -2.28. The fourth-order valence-electron chi connectivity index (χ4n) is 12.7. The summed E-state index contributed by atoms with van der Waals surface area (Å²) in [4.78, 5) is 112. The Kier molecular flexibility index (Phi) is 27.8. The largest absolute Gasteiger partial charge is 0.460 e. The quantitative estimate of drug-likeness (QED) is 0.0149. The molecule has 0 aliphatic carbocycles. The summed E-state index contributed by atoms with van der Waals surface area (Å²) in [6, 6.07) is 27.2. The molecule has 47 nitrogen and oxygen atoms in total. The summed E-state index contributed by atoms with van der Waals surface area (Å²) >= 11 is 3.01. The molecule has 0 saturated carbocycles. The molecule has 49 heteroatoms. The number of terminal acetylenes is 2. The topological polar surface area (TPSA) is 744 Å². The van der Waals surface area contributed by atoms with Gasteiger partial charge in [-0.15, -0.1) is 12.8 Å². The first-order valence-corrected chi connectivity index (χ1v) is 37.0. The summed E-state index contributed by atoms with van der Waals surface area (Å²) in [5, 5.41) is 119. The molecule has 116 heavy (non-hydrogen) atoms. The van der Waals surface area contributed by atoms with E-state index in [1.807, 2.05) is 66.7 Å². The van der Waals surface area contributed by atoms with Crippen molar-refractivity contribution in [3.63, 3.8) is 0 Å². The van der Waals surface area contributed by atoms with Crippen LogP contribution in [-0.4, -0.2) is 248 Å². The summed E-state index contributed by atoms with van der Waals surface area (Å²) in [6.07, 6.45) is -11.2. The van der Waals surface area contributed by atoms with Gasteiger partial charge in [0.25, 0.3) is 29.6 Å². The molecule has 6 aliphatic heterocycles. The van der Waals surface area contributed by atoms with Crippen molar-refractivity contribution in [2.45, 2.75) is 124 Å². The highest BCUT2D eigenvalue weighted by molar-refractivity contribution is 9.09. The Morgan fingerprint density at radius 1 is 0.526 bits per heavy atom. The van der Waals surface area contributed by atoms with E-state index >= 15 is 0 Å². The molecule has 0 bridgehead atoms. The van der Waals surface area contributed by atoms with Crippen molar-refractivity contribution in [3.05, 3.63) is 160 Å². The average Bonchev–Trinajstić information content (AvgIpc) is 1.60. The number of hydrogen-bond acceptors (Lipinski definition) is 38. The highest BCUT2D eigenvalue weighted by Gasteiger charge is 2.53. The van der Waals surface area contributed by atoms with Crippen LogP contribution in [0.5, 0.6) is 6.01 Å². The molecule has 28 N–H and O–H groups in total. The van der Waals surface area contributed by atoms with Crippen LogP contribution in [0.25, 0.3) is 22.3 Å². The molecule has 4 fully saturated rings. The molecule has 6 aromatic heterocycles. The highest BCUT2D eigenvalue weighted by Crippen LogP contribution is 2.43. The first-order chi connectivity index (χ1) is 55.3. The fraction of sp³-hybridized carbons (Fsp3) is 0.373. The Morgan fingerprint density at radius 3 is 1.40 bits per heavy atom. The van der Waals surface area contributed by atoms with Crippen LogP contribution in [0.4, 0.5) is 35.4 Å². The van der Waals surface area contributed by atoms with Crippen molar-refractivity contribution < 1.29 is 104 Å². The number of benzene rings is 3. The van der Waals surface area contributed by atoms with Gasteiger partial charge in [-0.05, 0) is 29.8 Å². The smallest absolute Gasteiger partial charge is 0.333 e. The Hall–Kier alpha value is -11.4. The van der Waals surface area contributed by atoms with Gasteiger partial charge < -0.3 is 120 Å².